The fourth-order valence-electron chi connectivity index (χ4n) is 2.91. The van der Waals surface area contributed by atoms with E-state index in [4.69, 9.17) is 0 Å². The highest BCUT2D eigenvalue weighted by atomic mass is 16.3. The molecular formula is C20H23NO2. The predicted molar refractivity (Wildman–Crippen MR) is 95.5 cm³/mol. The Morgan fingerprint density at radius 3 is 2.26 bits per heavy atom. The van der Waals surface area contributed by atoms with Crippen molar-refractivity contribution in [1.82, 2.24) is 5.32 Å². The van der Waals surface area contributed by atoms with E-state index in [9.17, 15) is 10.2 Å². The fourth-order valence-corrected chi connectivity index (χ4v) is 2.91. The van der Waals surface area contributed by atoms with E-state index in [1.54, 1.807) is 6.92 Å². The number of hydrogen-bond acceptors (Lipinski definition) is 3. The molecule has 3 nitrogen and oxygen atoms in total. The van der Waals surface area contributed by atoms with Gasteiger partial charge < -0.3 is 15.5 Å². The zero-order chi connectivity index (χ0) is 16.4. The standard InChI is InChI=1S/C20H23NO2/c1-14(23)20(2,13-22)21-12-16-11-15-7-3-4-8-17(15)19-10-6-5-9-18(16)19/h3-11,14,21-23H,12-13H2,1-2H3/t14-,20+/m0/s1. The quantitative estimate of drug-likeness (QED) is 0.634. The first-order valence-corrected chi connectivity index (χ1v) is 7.98. The van der Waals surface area contributed by atoms with Crippen LogP contribution in [0.5, 0.6) is 0 Å². The van der Waals surface area contributed by atoms with E-state index in [2.05, 4.69) is 47.8 Å². The first-order chi connectivity index (χ1) is 11.0. The normalized spacial score (nSPS) is 15.7. The Bertz CT molecular complexity index is 828. The van der Waals surface area contributed by atoms with Crippen molar-refractivity contribution in [3.8, 4) is 0 Å². The van der Waals surface area contributed by atoms with E-state index in [0.717, 1.165) is 0 Å². The van der Waals surface area contributed by atoms with Crippen LogP contribution in [-0.4, -0.2) is 28.5 Å². The van der Waals surface area contributed by atoms with Crippen LogP contribution in [-0.2, 0) is 6.54 Å². The van der Waals surface area contributed by atoms with Gasteiger partial charge in [0.25, 0.3) is 0 Å². The topological polar surface area (TPSA) is 52.5 Å². The molecule has 0 radical (unpaired) electrons. The summed E-state index contributed by atoms with van der Waals surface area (Å²) in [4.78, 5) is 0. The Hall–Kier alpha value is -1.94. The van der Waals surface area contributed by atoms with E-state index < -0.39 is 11.6 Å². The molecule has 0 aliphatic carbocycles. The van der Waals surface area contributed by atoms with E-state index in [-0.39, 0.29) is 6.61 Å². The van der Waals surface area contributed by atoms with Gasteiger partial charge in [-0.3, -0.25) is 0 Å². The largest absolute Gasteiger partial charge is 0.394 e. The van der Waals surface area contributed by atoms with Gasteiger partial charge in [0, 0.05) is 6.54 Å². The fraction of sp³-hybridized carbons (Fsp3) is 0.300. The lowest BCUT2D eigenvalue weighted by molar-refractivity contribution is 0.0404. The molecule has 23 heavy (non-hydrogen) atoms. The van der Waals surface area contributed by atoms with Crippen LogP contribution >= 0.6 is 0 Å². The maximum absolute atomic E-state index is 9.91. The van der Waals surface area contributed by atoms with Gasteiger partial charge >= 0.3 is 0 Å². The molecule has 0 heterocycles. The molecule has 0 bridgehead atoms. The predicted octanol–water partition coefficient (Wildman–Crippen LogP) is 3.21. The molecule has 3 aromatic carbocycles. The van der Waals surface area contributed by atoms with Crippen LogP contribution < -0.4 is 5.32 Å². The number of fused-ring (bicyclic) bond motifs is 3. The molecule has 3 rings (SSSR count). The van der Waals surface area contributed by atoms with Crippen molar-refractivity contribution in [1.29, 1.82) is 0 Å². The molecule has 3 heteroatoms. The summed E-state index contributed by atoms with van der Waals surface area (Å²) < 4.78 is 0. The van der Waals surface area contributed by atoms with E-state index in [0.29, 0.717) is 6.54 Å². The molecule has 0 amide bonds. The number of rotatable bonds is 5. The van der Waals surface area contributed by atoms with Crippen molar-refractivity contribution < 1.29 is 10.2 Å². The number of hydrogen-bond donors (Lipinski definition) is 3. The molecule has 3 N–H and O–H groups in total. The van der Waals surface area contributed by atoms with Crippen molar-refractivity contribution >= 4 is 21.5 Å². The maximum atomic E-state index is 9.91. The van der Waals surface area contributed by atoms with Gasteiger partial charge in [-0.25, -0.2) is 0 Å². The summed E-state index contributed by atoms with van der Waals surface area (Å²) in [6.45, 7) is 4.01. The van der Waals surface area contributed by atoms with Gasteiger partial charge in [0.15, 0.2) is 0 Å². The number of benzene rings is 3. The number of aliphatic hydroxyl groups excluding tert-OH is 2. The molecule has 0 aliphatic rings. The van der Waals surface area contributed by atoms with Gasteiger partial charge in [-0.2, -0.15) is 0 Å². The van der Waals surface area contributed by atoms with E-state index in [1.807, 2.05) is 19.1 Å². The zero-order valence-corrected chi connectivity index (χ0v) is 13.6. The monoisotopic (exact) mass is 309 g/mol. The summed E-state index contributed by atoms with van der Waals surface area (Å²) in [6, 6.07) is 18.9. The first-order valence-electron chi connectivity index (χ1n) is 7.98. The van der Waals surface area contributed by atoms with E-state index >= 15 is 0 Å². The molecule has 0 aliphatic heterocycles. The maximum Gasteiger partial charge on any atom is 0.0713 e. The lowest BCUT2D eigenvalue weighted by atomic mass is 9.94. The smallest absolute Gasteiger partial charge is 0.0713 e. The van der Waals surface area contributed by atoms with Crippen molar-refractivity contribution in [2.75, 3.05) is 6.61 Å². The highest BCUT2D eigenvalue weighted by Crippen LogP contribution is 2.29. The third-order valence-electron chi connectivity index (χ3n) is 4.79. The summed E-state index contributed by atoms with van der Waals surface area (Å²) >= 11 is 0. The Morgan fingerprint density at radius 2 is 1.61 bits per heavy atom. The Morgan fingerprint density at radius 1 is 1.00 bits per heavy atom. The highest BCUT2D eigenvalue weighted by molar-refractivity contribution is 6.08. The average Bonchev–Trinajstić information content (AvgIpc) is 2.59. The van der Waals surface area contributed by atoms with Crippen LogP contribution in [0.25, 0.3) is 21.5 Å². The lowest BCUT2D eigenvalue weighted by Crippen LogP contribution is -2.53. The summed E-state index contributed by atoms with van der Waals surface area (Å²) in [5, 5.41) is 27.7. The second-order valence-corrected chi connectivity index (χ2v) is 6.41. The molecule has 0 unspecified atom stereocenters. The van der Waals surface area contributed by atoms with Crippen molar-refractivity contribution in [2.45, 2.75) is 32.0 Å². The van der Waals surface area contributed by atoms with Crippen LogP contribution in [0.2, 0.25) is 0 Å². The average molecular weight is 309 g/mol. The SMILES string of the molecule is C[C@H](O)[C@@](C)(CO)NCc1cc2ccccc2c2ccccc12. The summed E-state index contributed by atoms with van der Waals surface area (Å²) in [6.07, 6.45) is -0.640. The Labute approximate surface area is 136 Å². The van der Waals surface area contributed by atoms with Crippen LogP contribution in [0.3, 0.4) is 0 Å². The van der Waals surface area contributed by atoms with Gasteiger partial charge in [0.2, 0.25) is 0 Å². The second-order valence-electron chi connectivity index (χ2n) is 6.41. The van der Waals surface area contributed by atoms with Crippen LogP contribution in [0.15, 0.2) is 54.6 Å². The minimum atomic E-state index is -0.716. The third kappa shape index (κ3) is 2.95. The minimum absolute atomic E-state index is 0.115. The van der Waals surface area contributed by atoms with Crippen LogP contribution in [0, 0.1) is 0 Å². The van der Waals surface area contributed by atoms with Crippen molar-refractivity contribution in [3.63, 3.8) is 0 Å². The van der Waals surface area contributed by atoms with Gasteiger partial charge in [0.1, 0.15) is 0 Å². The van der Waals surface area contributed by atoms with Gasteiger partial charge in [-0.05, 0) is 47.0 Å². The third-order valence-corrected chi connectivity index (χ3v) is 4.79. The van der Waals surface area contributed by atoms with E-state index in [1.165, 1.54) is 27.1 Å². The second kappa shape index (κ2) is 6.28. The minimum Gasteiger partial charge on any atom is -0.394 e. The molecular weight excluding hydrogens is 286 g/mol. The first kappa shape index (κ1) is 15.9. The Balaban J connectivity index is 2.06. The molecule has 0 saturated carbocycles. The molecule has 0 spiro atoms. The Kier molecular flexibility index (Phi) is 4.35. The molecule has 2 atom stereocenters. The zero-order valence-electron chi connectivity index (χ0n) is 13.6. The molecule has 3 aromatic rings. The summed E-state index contributed by atoms with van der Waals surface area (Å²) in [5.74, 6) is 0. The van der Waals surface area contributed by atoms with Gasteiger partial charge in [-0.15, -0.1) is 0 Å². The van der Waals surface area contributed by atoms with Crippen molar-refractivity contribution in [3.05, 3.63) is 60.2 Å². The van der Waals surface area contributed by atoms with Crippen LogP contribution in [0.4, 0.5) is 0 Å². The molecule has 120 valence electrons. The number of nitrogens with one attached hydrogen (secondary N) is 1. The summed E-state index contributed by atoms with van der Waals surface area (Å²) in [7, 11) is 0. The molecule has 0 fully saturated rings. The van der Waals surface area contributed by atoms with Crippen molar-refractivity contribution in [2.24, 2.45) is 0 Å². The molecule has 0 saturated heterocycles. The molecule has 0 aromatic heterocycles. The lowest BCUT2D eigenvalue weighted by Gasteiger charge is -2.32. The van der Waals surface area contributed by atoms with Gasteiger partial charge in [-0.1, -0.05) is 48.5 Å². The van der Waals surface area contributed by atoms with Crippen LogP contribution in [0.1, 0.15) is 19.4 Å². The highest BCUT2D eigenvalue weighted by Gasteiger charge is 2.28. The summed E-state index contributed by atoms with van der Waals surface area (Å²) in [5.41, 5.74) is 0.451. The van der Waals surface area contributed by atoms with Gasteiger partial charge in [0.05, 0.1) is 18.2 Å². The number of aliphatic hydroxyl groups is 2.